The number of alkyl halides is 3. The number of fused-ring (bicyclic) bond motifs is 1. The number of benzene rings is 3. The van der Waals surface area contributed by atoms with Crippen LogP contribution in [0.4, 0.5) is 18.9 Å². The van der Waals surface area contributed by atoms with Gasteiger partial charge in [0, 0.05) is 36.2 Å². The van der Waals surface area contributed by atoms with E-state index in [4.69, 9.17) is 21.6 Å². The molecule has 0 radical (unpaired) electrons. The first kappa shape index (κ1) is 36.1. The Bertz CT molecular complexity index is 1850. The van der Waals surface area contributed by atoms with Crippen LogP contribution in [0.3, 0.4) is 0 Å². The molecule has 3 aromatic carbocycles. The zero-order valence-electron chi connectivity index (χ0n) is 26.2. The number of nitrogens with zero attached hydrogens (tertiary/aromatic N) is 1. The topological polar surface area (TPSA) is 208 Å². The number of carbonyl (C=O) groups excluding carboxylic acids is 3. The van der Waals surface area contributed by atoms with Crippen molar-refractivity contribution in [2.45, 2.75) is 50.0 Å². The lowest BCUT2D eigenvalue weighted by Crippen LogP contribution is -2.56. The van der Waals surface area contributed by atoms with Crippen LogP contribution in [0.15, 0.2) is 99.1 Å². The van der Waals surface area contributed by atoms with Crippen molar-refractivity contribution in [3.8, 4) is 0 Å². The van der Waals surface area contributed by atoms with Crippen molar-refractivity contribution in [2.24, 2.45) is 22.2 Å². The van der Waals surface area contributed by atoms with Crippen molar-refractivity contribution in [1.82, 2.24) is 10.6 Å². The quantitative estimate of drug-likeness (QED) is 0.0504. The highest BCUT2D eigenvalue weighted by Crippen LogP contribution is 2.34. The molecule has 9 N–H and O–H groups in total. The average molecular weight is 680 g/mol. The molecule has 49 heavy (non-hydrogen) atoms. The fourth-order valence-corrected chi connectivity index (χ4v) is 5.05. The van der Waals surface area contributed by atoms with Gasteiger partial charge in [0.05, 0.1) is 11.6 Å². The predicted molar refractivity (Wildman–Crippen MR) is 178 cm³/mol. The van der Waals surface area contributed by atoms with Crippen molar-refractivity contribution in [1.29, 1.82) is 0 Å². The van der Waals surface area contributed by atoms with Gasteiger partial charge in [0.1, 0.15) is 17.7 Å². The van der Waals surface area contributed by atoms with Gasteiger partial charge < -0.3 is 37.6 Å². The van der Waals surface area contributed by atoms with Crippen LogP contribution in [0, 0.1) is 0 Å². The van der Waals surface area contributed by atoms with Crippen molar-refractivity contribution >= 4 is 40.3 Å². The highest BCUT2D eigenvalue weighted by molar-refractivity contribution is 6.00. The number of anilines is 1. The van der Waals surface area contributed by atoms with Gasteiger partial charge in [0.2, 0.25) is 17.7 Å². The zero-order chi connectivity index (χ0) is 35.6. The molecule has 15 heteroatoms. The molecule has 0 aliphatic heterocycles. The maximum absolute atomic E-state index is 13.7. The van der Waals surface area contributed by atoms with Gasteiger partial charge in [-0.15, -0.1) is 0 Å². The van der Waals surface area contributed by atoms with Crippen LogP contribution in [0.25, 0.3) is 11.0 Å². The molecule has 12 nitrogen and oxygen atoms in total. The zero-order valence-corrected chi connectivity index (χ0v) is 26.2. The Morgan fingerprint density at radius 1 is 0.796 bits per heavy atom. The number of nitrogens with two attached hydrogens (primary N) is 3. The maximum Gasteiger partial charge on any atom is 0.417 e. The molecular formula is C34H36F3N7O5. The third kappa shape index (κ3) is 10.7. The first-order valence-corrected chi connectivity index (χ1v) is 15.3. The Morgan fingerprint density at radius 3 is 2.02 bits per heavy atom. The van der Waals surface area contributed by atoms with Gasteiger partial charge in [-0.25, -0.2) is 4.79 Å². The summed E-state index contributed by atoms with van der Waals surface area (Å²) in [6.07, 6.45) is -4.24. The Labute approximate surface area is 278 Å². The molecule has 3 atom stereocenters. The third-order valence-corrected chi connectivity index (χ3v) is 7.45. The Balaban J connectivity index is 1.56. The van der Waals surface area contributed by atoms with Crippen LogP contribution in [0.1, 0.15) is 29.5 Å². The standard InChI is InChI=1S/C34H36F3N7O5/c35-34(36,37)24-19-29(45)49-28-18-22(13-14-23(24)28)42-31(47)26(12-7-15-41-33(39)40)43-32(48)27(17-21-10-5-2-6-11-21)44-30(46)25(38)16-20-8-3-1-4-9-20/h1-6,8-11,13-14,18-19,25-27H,7,12,15-17,38H2,(H,42,47)(H,43,48)(H,44,46)(H4,39,40,41)/t25-,26+,27+/m1/s1. The summed E-state index contributed by atoms with van der Waals surface area (Å²) >= 11 is 0. The van der Waals surface area contributed by atoms with E-state index in [1.54, 1.807) is 30.3 Å². The minimum atomic E-state index is -4.82. The molecule has 1 heterocycles. The van der Waals surface area contributed by atoms with Crippen LogP contribution in [-0.2, 0) is 33.4 Å². The van der Waals surface area contributed by atoms with Gasteiger partial charge in [0.25, 0.3) is 0 Å². The molecule has 0 fully saturated rings. The summed E-state index contributed by atoms with van der Waals surface area (Å²) in [5.41, 5.74) is 15.7. The van der Waals surface area contributed by atoms with Gasteiger partial charge in [-0.05, 0) is 42.5 Å². The van der Waals surface area contributed by atoms with E-state index in [0.717, 1.165) is 23.3 Å². The number of nitrogens with one attached hydrogen (secondary N) is 3. The number of hydrogen-bond donors (Lipinski definition) is 6. The second kappa shape index (κ2) is 16.4. The van der Waals surface area contributed by atoms with E-state index in [0.29, 0.717) is 6.07 Å². The number of amides is 3. The number of carbonyl (C=O) groups is 3. The van der Waals surface area contributed by atoms with Gasteiger partial charge >= 0.3 is 11.8 Å². The second-order valence-corrected chi connectivity index (χ2v) is 11.2. The Hall–Kier alpha value is -5.70. The summed E-state index contributed by atoms with van der Waals surface area (Å²) in [6.45, 7) is 0.127. The molecule has 0 saturated carbocycles. The van der Waals surface area contributed by atoms with Crippen molar-refractivity contribution in [3.05, 3.63) is 112 Å². The molecule has 0 aliphatic carbocycles. The Morgan fingerprint density at radius 2 is 1.41 bits per heavy atom. The number of rotatable bonds is 14. The molecule has 0 bridgehead atoms. The van der Waals surface area contributed by atoms with E-state index in [-0.39, 0.29) is 49.3 Å². The second-order valence-electron chi connectivity index (χ2n) is 11.2. The molecule has 1 aromatic heterocycles. The summed E-state index contributed by atoms with van der Waals surface area (Å²) in [7, 11) is 0. The molecular weight excluding hydrogens is 643 g/mol. The normalized spacial score (nSPS) is 13.1. The number of guanidine groups is 1. The smallest absolute Gasteiger partial charge is 0.417 e. The molecule has 0 unspecified atom stereocenters. The van der Waals surface area contributed by atoms with Crippen LogP contribution in [0.5, 0.6) is 0 Å². The molecule has 3 amide bonds. The fourth-order valence-electron chi connectivity index (χ4n) is 5.05. The molecule has 4 rings (SSSR count). The van der Waals surface area contributed by atoms with E-state index in [9.17, 15) is 32.3 Å². The first-order chi connectivity index (χ1) is 23.3. The van der Waals surface area contributed by atoms with E-state index in [1.165, 1.54) is 6.07 Å². The van der Waals surface area contributed by atoms with Crippen molar-refractivity contribution in [3.63, 3.8) is 0 Å². The van der Waals surface area contributed by atoms with Crippen LogP contribution < -0.4 is 38.8 Å². The Kier molecular flexibility index (Phi) is 12.1. The molecule has 0 spiro atoms. The van der Waals surface area contributed by atoms with Gasteiger partial charge in [-0.3, -0.25) is 19.4 Å². The van der Waals surface area contributed by atoms with Gasteiger partial charge in [-0.1, -0.05) is 60.7 Å². The highest BCUT2D eigenvalue weighted by Gasteiger charge is 2.34. The van der Waals surface area contributed by atoms with Crippen LogP contribution >= 0.6 is 0 Å². The largest absolute Gasteiger partial charge is 0.423 e. The fraction of sp³-hybridized carbons (Fsp3) is 0.265. The van der Waals surface area contributed by atoms with Crippen molar-refractivity contribution in [2.75, 3.05) is 11.9 Å². The number of hydrogen-bond acceptors (Lipinski definition) is 7. The summed E-state index contributed by atoms with van der Waals surface area (Å²) < 4.78 is 45.5. The summed E-state index contributed by atoms with van der Waals surface area (Å²) in [4.78, 5) is 56.2. The van der Waals surface area contributed by atoms with E-state index in [2.05, 4.69) is 20.9 Å². The summed E-state index contributed by atoms with van der Waals surface area (Å²) in [6, 6.07) is 18.4. The lowest BCUT2D eigenvalue weighted by Gasteiger charge is -2.24. The van der Waals surface area contributed by atoms with Gasteiger partial charge in [0.15, 0.2) is 5.96 Å². The van der Waals surface area contributed by atoms with E-state index < -0.39 is 58.8 Å². The maximum atomic E-state index is 13.7. The van der Waals surface area contributed by atoms with E-state index in [1.807, 2.05) is 30.3 Å². The monoisotopic (exact) mass is 679 g/mol. The van der Waals surface area contributed by atoms with Crippen LogP contribution in [-0.4, -0.2) is 48.4 Å². The molecule has 4 aromatic rings. The van der Waals surface area contributed by atoms with Crippen molar-refractivity contribution < 1.29 is 32.0 Å². The SMILES string of the molecule is NC(N)=NCCC[C@H](NC(=O)[C@H](Cc1ccccc1)NC(=O)[C@H](N)Cc1ccccc1)C(=O)Nc1ccc2c(C(F)(F)F)cc(=O)oc2c1. The molecule has 0 aliphatic rings. The number of aliphatic imine (C=N–C) groups is 1. The molecule has 258 valence electrons. The molecule has 0 saturated heterocycles. The lowest BCUT2D eigenvalue weighted by atomic mass is 10.0. The minimum absolute atomic E-state index is 0.00414. The first-order valence-electron chi connectivity index (χ1n) is 15.3. The lowest BCUT2D eigenvalue weighted by molar-refractivity contribution is -0.136. The number of halogens is 3. The van der Waals surface area contributed by atoms with Crippen LogP contribution in [0.2, 0.25) is 0 Å². The average Bonchev–Trinajstić information content (AvgIpc) is 3.05. The van der Waals surface area contributed by atoms with E-state index >= 15 is 0 Å². The van der Waals surface area contributed by atoms with Gasteiger partial charge in [-0.2, -0.15) is 13.2 Å². The minimum Gasteiger partial charge on any atom is -0.423 e. The summed E-state index contributed by atoms with van der Waals surface area (Å²) in [5.74, 6) is -2.18. The third-order valence-electron chi connectivity index (χ3n) is 7.45. The summed E-state index contributed by atoms with van der Waals surface area (Å²) in [5, 5.41) is 7.56. The highest BCUT2D eigenvalue weighted by atomic mass is 19.4. The predicted octanol–water partition coefficient (Wildman–Crippen LogP) is 2.59.